The third-order valence-corrected chi connectivity index (χ3v) is 5.01. The molecule has 0 aliphatic heterocycles. The van der Waals surface area contributed by atoms with Gasteiger partial charge in [-0.05, 0) is 56.7 Å². The average molecular weight is 412 g/mol. The average Bonchev–Trinajstić information content (AvgIpc) is 2.93. The van der Waals surface area contributed by atoms with Crippen LogP contribution in [0.5, 0.6) is 0 Å². The maximum absolute atomic E-state index is 12.6. The summed E-state index contributed by atoms with van der Waals surface area (Å²) in [5.41, 5.74) is 0.0108. The zero-order valence-electron chi connectivity index (χ0n) is 13.6. The Balaban J connectivity index is 2.20. The minimum Gasteiger partial charge on any atom is -0.457 e. The van der Waals surface area contributed by atoms with Crippen molar-refractivity contribution >= 4 is 38.0 Å². The van der Waals surface area contributed by atoms with Crippen molar-refractivity contribution in [2.75, 3.05) is 0 Å². The fourth-order valence-electron chi connectivity index (χ4n) is 1.89. The summed E-state index contributed by atoms with van der Waals surface area (Å²) >= 11 is 3.26. The van der Waals surface area contributed by atoms with Crippen LogP contribution in [0.25, 0.3) is 6.08 Å². The highest BCUT2D eigenvalue weighted by Crippen LogP contribution is 2.20. The molecule has 0 saturated heterocycles. The van der Waals surface area contributed by atoms with Crippen LogP contribution in [0.3, 0.4) is 0 Å². The number of rotatable bonds is 4. The van der Waals surface area contributed by atoms with Gasteiger partial charge in [-0.25, -0.2) is 17.2 Å². The van der Waals surface area contributed by atoms with E-state index in [9.17, 15) is 13.2 Å². The van der Waals surface area contributed by atoms with Crippen LogP contribution in [0, 0.1) is 0 Å². The third kappa shape index (κ3) is 4.82. The summed E-state index contributed by atoms with van der Waals surface area (Å²) < 4.78 is 32.1. The summed E-state index contributed by atoms with van der Waals surface area (Å²) in [7, 11) is -3.67. The van der Waals surface area contributed by atoms with E-state index in [-0.39, 0.29) is 4.90 Å². The number of carbonyl (C=O) groups is 1. The Hall–Kier alpha value is -1.86. The highest BCUT2D eigenvalue weighted by atomic mass is 79.9. The molecule has 0 saturated carbocycles. The fraction of sp³-hybridized carbons (Fsp3) is 0.235. The van der Waals surface area contributed by atoms with E-state index in [4.69, 9.17) is 4.74 Å². The normalized spacial score (nSPS) is 12.5. The predicted molar refractivity (Wildman–Crippen MR) is 96.0 cm³/mol. The van der Waals surface area contributed by atoms with Gasteiger partial charge in [0.25, 0.3) is 10.0 Å². The predicted octanol–water partition coefficient (Wildman–Crippen LogP) is 3.84. The van der Waals surface area contributed by atoms with Crippen LogP contribution < -0.4 is 0 Å². The first-order valence-corrected chi connectivity index (χ1v) is 9.41. The second-order valence-corrected chi connectivity index (χ2v) is 8.86. The Bertz CT molecular complexity index is 876. The van der Waals surface area contributed by atoms with E-state index in [0.29, 0.717) is 10.0 Å². The number of hydrogen-bond acceptors (Lipinski definition) is 4. The summed E-state index contributed by atoms with van der Waals surface area (Å²) in [6, 6.07) is 8.08. The SMILES string of the molecule is CC(C)(C)OC(=O)/C=C/c1ccn(S(=O)(=O)c2cccc(Br)c2)c1. The first kappa shape index (κ1) is 18.5. The van der Waals surface area contributed by atoms with Crippen molar-refractivity contribution in [2.45, 2.75) is 31.3 Å². The van der Waals surface area contributed by atoms with Gasteiger partial charge < -0.3 is 4.74 Å². The molecule has 0 aliphatic carbocycles. The maximum Gasteiger partial charge on any atom is 0.331 e. The minimum absolute atomic E-state index is 0.176. The number of benzene rings is 1. The number of carbonyl (C=O) groups excluding carboxylic acids is 1. The van der Waals surface area contributed by atoms with Crippen molar-refractivity contribution in [1.82, 2.24) is 3.97 Å². The molecule has 0 N–H and O–H groups in total. The van der Waals surface area contributed by atoms with Crippen LogP contribution in [-0.4, -0.2) is 24.0 Å². The lowest BCUT2D eigenvalue weighted by Gasteiger charge is -2.17. The van der Waals surface area contributed by atoms with Crippen LogP contribution in [0.15, 0.2) is 58.2 Å². The number of hydrogen-bond donors (Lipinski definition) is 0. The number of aromatic nitrogens is 1. The zero-order valence-corrected chi connectivity index (χ0v) is 16.0. The standard InChI is InChI=1S/C17H18BrNO4S/c1-17(2,3)23-16(20)8-7-13-9-10-19(12-13)24(21,22)15-6-4-5-14(18)11-15/h4-12H,1-3H3/b8-7+. The molecule has 0 radical (unpaired) electrons. The van der Waals surface area contributed by atoms with E-state index in [1.54, 1.807) is 39.0 Å². The molecule has 0 aliphatic rings. The van der Waals surface area contributed by atoms with E-state index in [1.807, 2.05) is 0 Å². The number of esters is 1. The van der Waals surface area contributed by atoms with Crippen molar-refractivity contribution in [3.63, 3.8) is 0 Å². The zero-order chi connectivity index (χ0) is 18.0. The van der Waals surface area contributed by atoms with Gasteiger partial charge in [0.1, 0.15) is 5.60 Å². The van der Waals surface area contributed by atoms with Crippen molar-refractivity contribution in [3.8, 4) is 0 Å². The van der Waals surface area contributed by atoms with Gasteiger partial charge in [0.2, 0.25) is 0 Å². The monoisotopic (exact) mass is 411 g/mol. The van der Waals surface area contributed by atoms with Gasteiger partial charge in [0.15, 0.2) is 0 Å². The molecule has 0 unspecified atom stereocenters. The van der Waals surface area contributed by atoms with E-state index in [0.717, 1.165) is 3.97 Å². The van der Waals surface area contributed by atoms with Crippen molar-refractivity contribution in [3.05, 3.63) is 58.8 Å². The topological polar surface area (TPSA) is 65.4 Å². The summed E-state index contributed by atoms with van der Waals surface area (Å²) in [5.74, 6) is -0.481. The molecule has 1 aromatic carbocycles. The molecule has 0 fully saturated rings. The van der Waals surface area contributed by atoms with Gasteiger partial charge in [-0.15, -0.1) is 0 Å². The quantitative estimate of drug-likeness (QED) is 0.566. The van der Waals surface area contributed by atoms with Gasteiger partial charge in [-0.1, -0.05) is 22.0 Å². The van der Waals surface area contributed by atoms with Crippen LogP contribution in [0.2, 0.25) is 0 Å². The largest absolute Gasteiger partial charge is 0.457 e. The lowest BCUT2D eigenvalue weighted by molar-refractivity contribution is -0.148. The van der Waals surface area contributed by atoms with Crippen molar-refractivity contribution < 1.29 is 17.9 Å². The lowest BCUT2D eigenvalue weighted by atomic mass is 10.2. The molecular formula is C17H18BrNO4S. The second kappa shape index (κ2) is 6.94. The lowest BCUT2D eigenvalue weighted by Crippen LogP contribution is -2.22. The van der Waals surface area contributed by atoms with Crippen molar-refractivity contribution in [1.29, 1.82) is 0 Å². The molecule has 1 aromatic heterocycles. The maximum atomic E-state index is 12.6. The van der Waals surface area contributed by atoms with E-state index in [1.165, 1.54) is 36.7 Å². The van der Waals surface area contributed by atoms with Crippen LogP contribution in [-0.2, 0) is 19.6 Å². The van der Waals surface area contributed by atoms with Gasteiger partial charge in [0.05, 0.1) is 4.90 Å². The molecule has 2 rings (SSSR count). The Labute approximate surface area is 150 Å². The smallest absolute Gasteiger partial charge is 0.331 e. The molecule has 128 valence electrons. The molecular weight excluding hydrogens is 394 g/mol. The Morgan fingerprint density at radius 1 is 1.25 bits per heavy atom. The molecule has 0 atom stereocenters. The van der Waals surface area contributed by atoms with E-state index < -0.39 is 21.6 Å². The van der Waals surface area contributed by atoms with Gasteiger partial charge in [-0.2, -0.15) is 0 Å². The van der Waals surface area contributed by atoms with E-state index >= 15 is 0 Å². The molecule has 0 bridgehead atoms. The molecule has 0 amide bonds. The third-order valence-electron chi connectivity index (χ3n) is 2.88. The Morgan fingerprint density at radius 2 is 1.96 bits per heavy atom. The van der Waals surface area contributed by atoms with Crippen LogP contribution >= 0.6 is 15.9 Å². The summed E-state index contributed by atoms with van der Waals surface area (Å²) in [6.45, 7) is 5.33. The minimum atomic E-state index is -3.67. The van der Waals surface area contributed by atoms with Gasteiger partial charge in [-0.3, -0.25) is 0 Å². The number of nitrogens with zero attached hydrogens (tertiary/aromatic N) is 1. The molecule has 5 nitrogen and oxygen atoms in total. The number of halogens is 1. The summed E-state index contributed by atoms with van der Waals surface area (Å²) in [6.07, 6.45) is 5.67. The first-order valence-electron chi connectivity index (χ1n) is 7.18. The highest BCUT2D eigenvalue weighted by Gasteiger charge is 2.17. The molecule has 0 spiro atoms. The Morgan fingerprint density at radius 3 is 2.58 bits per heavy atom. The Kier molecular flexibility index (Phi) is 5.35. The number of ether oxygens (including phenoxy) is 1. The van der Waals surface area contributed by atoms with Crippen LogP contribution in [0.4, 0.5) is 0 Å². The van der Waals surface area contributed by atoms with Crippen LogP contribution in [0.1, 0.15) is 26.3 Å². The summed E-state index contributed by atoms with van der Waals surface area (Å²) in [5, 5.41) is 0. The highest BCUT2D eigenvalue weighted by molar-refractivity contribution is 9.10. The van der Waals surface area contributed by atoms with Crippen molar-refractivity contribution in [2.24, 2.45) is 0 Å². The van der Waals surface area contributed by atoms with Gasteiger partial charge >= 0.3 is 5.97 Å². The molecule has 24 heavy (non-hydrogen) atoms. The fourth-order valence-corrected chi connectivity index (χ4v) is 3.69. The van der Waals surface area contributed by atoms with Gasteiger partial charge in [0, 0.05) is 22.9 Å². The summed E-state index contributed by atoms with van der Waals surface area (Å²) in [4.78, 5) is 11.8. The first-order chi connectivity index (χ1) is 11.1. The molecule has 2 aromatic rings. The second-order valence-electron chi connectivity index (χ2n) is 6.10. The molecule has 1 heterocycles. The van der Waals surface area contributed by atoms with E-state index in [2.05, 4.69) is 15.9 Å². The molecule has 7 heteroatoms.